The highest BCUT2D eigenvalue weighted by molar-refractivity contribution is 8.00. The summed E-state index contributed by atoms with van der Waals surface area (Å²) in [5, 5.41) is 4.19. The van der Waals surface area contributed by atoms with Crippen LogP contribution in [0.4, 0.5) is 0 Å². The maximum Gasteiger partial charge on any atom is 0.0476 e. The number of nitrogens with one attached hydrogen (secondary N) is 1. The highest BCUT2D eigenvalue weighted by atomic mass is 32.2. The van der Waals surface area contributed by atoms with Crippen LogP contribution < -0.4 is 5.32 Å². The monoisotopic (exact) mass is 279 g/mol. The lowest BCUT2D eigenvalue weighted by Crippen LogP contribution is -2.17. The van der Waals surface area contributed by atoms with Crippen molar-refractivity contribution in [1.82, 2.24) is 5.32 Å². The molecule has 0 spiro atoms. The average Bonchev–Trinajstić information content (AvgIpc) is 2.43. The fraction of sp³-hybridized carbons (Fsp3) is 0.625. The molecule has 1 saturated heterocycles. The first-order valence-corrected chi connectivity index (χ1v) is 8.22. The van der Waals surface area contributed by atoms with E-state index in [2.05, 4.69) is 37.4 Å². The fourth-order valence-electron chi connectivity index (χ4n) is 2.34. The third-order valence-electron chi connectivity index (χ3n) is 3.46. The number of hydrogen-bond donors (Lipinski definition) is 1. The Labute approximate surface area is 121 Å². The predicted molar refractivity (Wildman–Crippen MR) is 82.9 cm³/mol. The van der Waals surface area contributed by atoms with Crippen LogP contribution in [0.25, 0.3) is 0 Å². The van der Waals surface area contributed by atoms with E-state index in [1.807, 2.05) is 11.8 Å². The number of ether oxygens (including phenoxy) is 1. The van der Waals surface area contributed by atoms with E-state index in [4.69, 9.17) is 4.74 Å². The summed E-state index contributed by atoms with van der Waals surface area (Å²) in [6.45, 7) is 8.36. The van der Waals surface area contributed by atoms with E-state index in [1.54, 1.807) is 0 Å². The molecule has 1 aliphatic rings. The summed E-state index contributed by atoms with van der Waals surface area (Å²) in [7, 11) is 0. The Morgan fingerprint density at radius 3 is 2.79 bits per heavy atom. The van der Waals surface area contributed by atoms with E-state index < -0.39 is 0 Å². The Kier molecular flexibility index (Phi) is 6.21. The van der Waals surface area contributed by atoms with E-state index in [0.29, 0.717) is 0 Å². The van der Waals surface area contributed by atoms with Crippen LogP contribution in [-0.4, -0.2) is 25.0 Å². The molecule has 2 nitrogen and oxygen atoms in total. The molecule has 0 unspecified atom stereocenters. The van der Waals surface area contributed by atoms with Gasteiger partial charge >= 0.3 is 0 Å². The molecule has 106 valence electrons. The zero-order valence-corrected chi connectivity index (χ0v) is 12.9. The number of hydrogen-bond acceptors (Lipinski definition) is 3. The van der Waals surface area contributed by atoms with Crippen molar-refractivity contribution in [2.75, 3.05) is 19.8 Å². The first kappa shape index (κ1) is 14.9. The first-order chi connectivity index (χ1) is 9.29. The van der Waals surface area contributed by atoms with Gasteiger partial charge in [0.1, 0.15) is 0 Å². The van der Waals surface area contributed by atoms with Crippen LogP contribution in [0.2, 0.25) is 0 Å². The van der Waals surface area contributed by atoms with Crippen LogP contribution in [0.15, 0.2) is 23.1 Å². The molecule has 3 heteroatoms. The summed E-state index contributed by atoms with van der Waals surface area (Å²) in [6, 6.07) is 6.88. The standard InChI is InChI=1S/C16H25NOS/c1-3-8-17-12-14-4-5-16(13(2)11-14)19-15-6-9-18-10-7-15/h4-5,11,15,17H,3,6-10,12H2,1-2H3. The minimum absolute atomic E-state index is 0.733. The number of aryl methyl sites for hydroxylation is 1. The molecule has 0 saturated carbocycles. The number of rotatable bonds is 6. The molecule has 0 radical (unpaired) electrons. The Balaban J connectivity index is 1.90. The van der Waals surface area contributed by atoms with Crippen molar-refractivity contribution in [2.24, 2.45) is 0 Å². The molecule has 0 aromatic heterocycles. The minimum atomic E-state index is 0.733. The van der Waals surface area contributed by atoms with Crippen molar-refractivity contribution < 1.29 is 4.74 Å². The van der Waals surface area contributed by atoms with Crippen molar-refractivity contribution in [3.05, 3.63) is 29.3 Å². The molecule has 19 heavy (non-hydrogen) atoms. The van der Waals surface area contributed by atoms with E-state index in [9.17, 15) is 0 Å². The van der Waals surface area contributed by atoms with Crippen molar-refractivity contribution in [3.8, 4) is 0 Å². The molecule has 0 amide bonds. The van der Waals surface area contributed by atoms with Gasteiger partial charge in [0.2, 0.25) is 0 Å². The number of thioether (sulfide) groups is 1. The van der Waals surface area contributed by atoms with E-state index in [-0.39, 0.29) is 0 Å². The lowest BCUT2D eigenvalue weighted by molar-refractivity contribution is 0.100. The maximum absolute atomic E-state index is 5.42. The van der Waals surface area contributed by atoms with Crippen LogP contribution in [0.5, 0.6) is 0 Å². The van der Waals surface area contributed by atoms with E-state index >= 15 is 0 Å². The minimum Gasteiger partial charge on any atom is -0.381 e. The third-order valence-corrected chi connectivity index (χ3v) is 4.97. The molecule has 0 aliphatic carbocycles. The van der Waals surface area contributed by atoms with Gasteiger partial charge in [0.25, 0.3) is 0 Å². The van der Waals surface area contributed by atoms with Gasteiger partial charge in [-0.1, -0.05) is 19.1 Å². The lowest BCUT2D eigenvalue weighted by atomic mass is 10.1. The van der Waals surface area contributed by atoms with Crippen molar-refractivity contribution in [3.63, 3.8) is 0 Å². The Morgan fingerprint density at radius 2 is 2.11 bits per heavy atom. The third kappa shape index (κ3) is 4.83. The molecule has 1 fully saturated rings. The zero-order valence-electron chi connectivity index (χ0n) is 12.1. The highest BCUT2D eigenvalue weighted by Crippen LogP contribution is 2.32. The number of benzene rings is 1. The Bertz CT molecular complexity index is 388. The molecule has 1 aromatic carbocycles. The molecular formula is C16H25NOS. The van der Waals surface area contributed by atoms with Crippen molar-refractivity contribution in [1.29, 1.82) is 0 Å². The van der Waals surface area contributed by atoms with Gasteiger partial charge in [0, 0.05) is 29.9 Å². The van der Waals surface area contributed by atoms with Gasteiger partial charge in [-0.3, -0.25) is 0 Å². The topological polar surface area (TPSA) is 21.3 Å². The second-order valence-electron chi connectivity index (χ2n) is 5.21. The second-order valence-corrected chi connectivity index (χ2v) is 6.55. The molecule has 1 aromatic rings. The summed E-state index contributed by atoms with van der Waals surface area (Å²) < 4.78 is 5.42. The summed E-state index contributed by atoms with van der Waals surface area (Å²) >= 11 is 2.03. The first-order valence-electron chi connectivity index (χ1n) is 7.34. The highest BCUT2D eigenvalue weighted by Gasteiger charge is 2.15. The van der Waals surface area contributed by atoms with Gasteiger partial charge in [-0.2, -0.15) is 0 Å². The summed E-state index contributed by atoms with van der Waals surface area (Å²) in [6.07, 6.45) is 3.56. The maximum atomic E-state index is 5.42. The van der Waals surface area contributed by atoms with Gasteiger partial charge in [-0.25, -0.2) is 0 Å². The molecule has 2 rings (SSSR count). The van der Waals surface area contributed by atoms with Crippen molar-refractivity contribution in [2.45, 2.75) is 49.8 Å². The van der Waals surface area contributed by atoms with Gasteiger partial charge < -0.3 is 10.1 Å². The molecule has 1 aliphatic heterocycles. The molecule has 1 heterocycles. The SMILES string of the molecule is CCCNCc1ccc(SC2CCOCC2)c(C)c1. The van der Waals surface area contributed by atoms with E-state index in [1.165, 1.54) is 35.3 Å². The largest absolute Gasteiger partial charge is 0.381 e. The zero-order chi connectivity index (χ0) is 13.5. The van der Waals surface area contributed by atoms with Crippen LogP contribution in [-0.2, 0) is 11.3 Å². The van der Waals surface area contributed by atoms with Gasteiger partial charge in [-0.15, -0.1) is 11.8 Å². The summed E-state index contributed by atoms with van der Waals surface area (Å²) in [4.78, 5) is 1.44. The Hall–Kier alpha value is -0.510. The second kappa shape index (κ2) is 7.93. The fourth-order valence-corrected chi connectivity index (χ4v) is 3.52. The van der Waals surface area contributed by atoms with Gasteiger partial charge in [-0.05, 0) is 49.9 Å². The average molecular weight is 279 g/mol. The van der Waals surface area contributed by atoms with Gasteiger partial charge in [0.05, 0.1) is 0 Å². The van der Waals surface area contributed by atoms with Gasteiger partial charge in [0.15, 0.2) is 0 Å². The van der Waals surface area contributed by atoms with Crippen LogP contribution >= 0.6 is 11.8 Å². The summed E-state index contributed by atoms with van der Waals surface area (Å²) in [5.74, 6) is 0. The lowest BCUT2D eigenvalue weighted by Gasteiger charge is -2.22. The van der Waals surface area contributed by atoms with Crippen molar-refractivity contribution >= 4 is 11.8 Å². The summed E-state index contributed by atoms with van der Waals surface area (Å²) in [5.41, 5.74) is 2.80. The van der Waals surface area contributed by atoms with Crippen LogP contribution in [0, 0.1) is 6.92 Å². The Morgan fingerprint density at radius 1 is 1.32 bits per heavy atom. The molecule has 0 bridgehead atoms. The quantitative estimate of drug-likeness (QED) is 0.801. The van der Waals surface area contributed by atoms with Crippen LogP contribution in [0.1, 0.15) is 37.3 Å². The normalized spacial score (nSPS) is 16.7. The predicted octanol–water partition coefficient (Wildman–Crippen LogP) is 3.77. The smallest absolute Gasteiger partial charge is 0.0476 e. The molecular weight excluding hydrogens is 254 g/mol. The van der Waals surface area contributed by atoms with Crippen LogP contribution in [0.3, 0.4) is 0 Å². The van der Waals surface area contributed by atoms with E-state index in [0.717, 1.165) is 31.6 Å². The molecule has 0 atom stereocenters. The molecule has 1 N–H and O–H groups in total.